The quantitative estimate of drug-likeness (QED) is 0.704. The van der Waals surface area contributed by atoms with Crippen LogP contribution in [-0.4, -0.2) is 29.4 Å². The van der Waals surface area contributed by atoms with Crippen LogP contribution in [0.5, 0.6) is 0 Å². The van der Waals surface area contributed by atoms with Gasteiger partial charge in [-0.05, 0) is 34.1 Å². The molecule has 0 spiro atoms. The summed E-state index contributed by atoms with van der Waals surface area (Å²) >= 11 is 0. The Morgan fingerprint density at radius 1 is 1.69 bits per heavy atom. The molecule has 2 atom stereocenters. The third-order valence-corrected chi connectivity index (χ3v) is 1.20. The normalized spacial score (nSPS) is 17.2. The molecule has 0 aromatic heterocycles. The summed E-state index contributed by atoms with van der Waals surface area (Å²) in [4.78, 5) is 11.2. The molecule has 1 amide bonds. The van der Waals surface area contributed by atoms with Crippen molar-refractivity contribution in [3.05, 3.63) is 0 Å². The number of hydrogen-bond acceptors (Lipinski definition) is 3. The number of ether oxygens (including phenoxy) is 1. The molecule has 13 heavy (non-hydrogen) atoms. The number of amides is 1. The van der Waals surface area contributed by atoms with Gasteiger partial charge in [-0.2, -0.15) is 0 Å². The van der Waals surface area contributed by atoms with Crippen LogP contribution < -0.4 is 5.32 Å². The van der Waals surface area contributed by atoms with Crippen molar-refractivity contribution in [2.24, 2.45) is 0 Å². The Labute approximate surface area is 80.7 Å². The fraction of sp³-hybridized carbons (Fsp3) is 0.889. The Kier molecular flexibility index (Phi) is 4.02. The molecule has 0 aliphatic heterocycles. The lowest BCUT2D eigenvalue weighted by Crippen LogP contribution is -2.38. The number of carbonyl (C=O) groups is 1. The van der Waals surface area contributed by atoms with Gasteiger partial charge in [-0.1, -0.05) is 0 Å². The predicted octanol–water partition coefficient (Wildman–Crippen LogP) is 1.28. The minimum atomic E-state index is -0.720. The van der Waals surface area contributed by atoms with Gasteiger partial charge in [-0.3, -0.25) is 0 Å². The van der Waals surface area contributed by atoms with Gasteiger partial charge in [-0.15, -0.1) is 0 Å². The molecule has 0 fully saturated rings. The van der Waals surface area contributed by atoms with Crippen molar-refractivity contribution in [2.45, 2.75) is 45.7 Å². The first-order valence-electron chi connectivity index (χ1n) is 4.86. The van der Waals surface area contributed by atoms with E-state index in [1.54, 1.807) is 27.7 Å². The topological polar surface area (TPSA) is 58.6 Å². The summed E-state index contributed by atoms with van der Waals surface area (Å²) in [7, 11) is 0. The third-order valence-electron chi connectivity index (χ3n) is 1.20. The van der Waals surface area contributed by atoms with Crippen LogP contribution in [0, 0.1) is 0 Å². The van der Waals surface area contributed by atoms with E-state index in [-0.39, 0.29) is 6.61 Å². The van der Waals surface area contributed by atoms with Gasteiger partial charge in [0.2, 0.25) is 0 Å². The molecule has 0 aliphatic rings. The molecule has 0 radical (unpaired) electrons. The fourth-order valence-electron chi connectivity index (χ4n) is 0.710. The van der Waals surface area contributed by atoms with Crippen molar-refractivity contribution in [3.63, 3.8) is 0 Å². The van der Waals surface area contributed by atoms with E-state index in [9.17, 15) is 4.79 Å². The molecular formula is C9H19NO3. The van der Waals surface area contributed by atoms with E-state index < -0.39 is 24.1 Å². The second kappa shape index (κ2) is 5.07. The van der Waals surface area contributed by atoms with Gasteiger partial charge in [0, 0.05) is 14.0 Å². The molecule has 0 rings (SSSR count). The van der Waals surface area contributed by atoms with Crippen LogP contribution in [0.15, 0.2) is 0 Å². The molecule has 0 saturated carbocycles. The molecule has 4 heteroatoms. The number of carbonyl (C=O) groups excluding carboxylic acids is 1. The minimum Gasteiger partial charge on any atom is -0.444 e. The van der Waals surface area contributed by atoms with Crippen molar-refractivity contribution < 1.29 is 16.0 Å². The number of aliphatic hydroxyl groups excluding tert-OH is 1. The minimum absolute atomic E-state index is 0.281. The van der Waals surface area contributed by atoms with E-state index in [4.69, 9.17) is 11.2 Å². The average molecular weight is 190 g/mol. The van der Waals surface area contributed by atoms with E-state index in [2.05, 4.69) is 5.32 Å². The molecule has 4 nitrogen and oxygen atoms in total. The average Bonchev–Trinajstić information content (AvgIpc) is 1.99. The first-order valence-corrected chi connectivity index (χ1v) is 4.29. The Bertz CT molecular complexity index is 191. The Morgan fingerprint density at radius 3 is 2.62 bits per heavy atom. The second-order valence-electron chi connectivity index (χ2n) is 3.85. The van der Waals surface area contributed by atoms with Gasteiger partial charge >= 0.3 is 6.09 Å². The number of nitrogens with one attached hydrogen (secondary N) is 1. The smallest absolute Gasteiger partial charge is 0.407 e. The summed E-state index contributed by atoms with van der Waals surface area (Å²) in [6.45, 7) is 6.67. The van der Waals surface area contributed by atoms with Crippen molar-refractivity contribution in [1.82, 2.24) is 5.32 Å². The molecule has 0 aromatic rings. The standard InChI is InChI=1S/C9H19NO3/c1-7(5-6-11)10-8(12)13-9(2,3)4/h7,11H,5-6H2,1-4H3,(H,10,12)/t7-/m1/s1/i5D/t5-,7+/m0. The molecule has 0 aliphatic carbocycles. The van der Waals surface area contributed by atoms with Crippen molar-refractivity contribution in [2.75, 3.05) is 6.61 Å². The van der Waals surface area contributed by atoms with E-state index in [0.717, 1.165) is 0 Å². The Hall–Kier alpha value is -0.770. The lowest BCUT2D eigenvalue weighted by molar-refractivity contribution is 0.0502. The van der Waals surface area contributed by atoms with Crippen LogP contribution in [0.3, 0.4) is 0 Å². The summed E-state index contributed by atoms with van der Waals surface area (Å²) in [5.74, 6) is 0. The molecule has 0 saturated heterocycles. The summed E-state index contributed by atoms with van der Waals surface area (Å²) in [6.07, 6.45) is -1.28. The highest BCUT2D eigenvalue weighted by molar-refractivity contribution is 5.67. The zero-order chi connectivity index (χ0) is 11.4. The first-order chi connectivity index (χ1) is 6.26. The third kappa shape index (κ3) is 7.59. The summed E-state index contributed by atoms with van der Waals surface area (Å²) < 4.78 is 12.3. The van der Waals surface area contributed by atoms with Gasteiger partial charge in [0.05, 0.1) is 0 Å². The highest BCUT2D eigenvalue weighted by Crippen LogP contribution is 2.06. The summed E-state index contributed by atoms with van der Waals surface area (Å²) in [5.41, 5.74) is -0.541. The number of hydrogen-bond donors (Lipinski definition) is 2. The van der Waals surface area contributed by atoms with E-state index in [0.29, 0.717) is 0 Å². The van der Waals surface area contributed by atoms with Crippen LogP contribution in [0.25, 0.3) is 0 Å². The molecular weight excluding hydrogens is 170 g/mol. The van der Waals surface area contributed by atoms with Gasteiger partial charge in [0.15, 0.2) is 0 Å². The van der Waals surface area contributed by atoms with Gasteiger partial charge in [0.25, 0.3) is 0 Å². The molecule has 78 valence electrons. The van der Waals surface area contributed by atoms with Crippen LogP contribution >= 0.6 is 0 Å². The van der Waals surface area contributed by atoms with Gasteiger partial charge < -0.3 is 15.2 Å². The van der Waals surface area contributed by atoms with Crippen LogP contribution in [-0.2, 0) is 4.74 Å². The van der Waals surface area contributed by atoms with E-state index >= 15 is 0 Å². The monoisotopic (exact) mass is 190 g/mol. The predicted molar refractivity (Wildman–Crippen MR) is 50.5 cm³/mol. The molecule has 0 aromatic carbocycles. The largest absolute Gasteiger partial charge is 0.444 e. The molecule has 0 unspecified atom stereocenters. The van der Waals surface area contributed by atoms with E-state index in [1.807, 2.05) is 0 Å². The van der Waals surface area contributed by atoms with Gasteiger partial charge in [-0.25, -0.2) is 4.79 Å². The van der Waals surface area contributed by atoms with Crippen LogP contribution in [0.2, 0.25) is 0 Å². The lowest BCUT2D eigenvalue weighted by Gasteiger charge is -2.21. The maximum Gasteiger partial charge on any atom is 0.407 e. The zero-order valence-corrected chi connectivity index (χ0v) is 8.63. The summed E-state index contributed by atoms with van der Waals surface area (Å²) in [5, 5.41) is 11.1. The lowest BCUT2D eigenvalue weighted by atomic mass is 10.2. The SMILES string of the molecule is [2H][C@@H](CO)[C@@H](C)NC(=O)OC(C)(C)C. The number of aliphatic hydroxyl groups is 1. The maximum atomic E-state index is 11.2. The van der Waals surface area contributed by atoms with Crippen molar-refractivity contribution in [3.8, 4) is 0 Å². The molecule has 0 bridgehead atoms. The molecule has 0 heterocycles. The van der Waals surface area contributed by atoms with Crippen molar-refractivity contribution >= 4 is 6.09 Å². The van der Waals surface area contributed by atoms with Gasteiger partial charge in [0.1, 0.15) is 5.60 Å². The Balaban J connectivity index is 3.95. The summed E-state index contributed by atoms with van der Waals surface area (Å²) in [6, 6.07) is -0.421. The maximum absolute atomic E-state index is 11.2. The van der Waals surface area contributed by atoms with Crippen molar-refractivity contribution in [1.29, 1.82) is 0 Å². The number of rotatable bonds is 3. The van der Waals surface area contributed by atoms with Crippen LogP contribution in [0.4, 0.5) is 4.79 Å². The first kappa shape index (κ1) is 10.3. The fourth-order valence-corrected chi connectivity index (χ4v) is 0.710. The second-order valence-corrected chi connectivity index (χ2v) is 3.85. The number of alkyl carbamates (subject to hydrolysis) is 1. The van der Waals surface area contributed by atoms with E-state index in [1.165, 1.54) is 0 Å². The zero-order valence-electron chi connectivity index (χ0n) is 9.63. The van der Waals surface area contributed by atoms with Crippen LogP contribution in [0.1, 0.15) is 35.5 Å². The highest BCUT2D eigenvalue weighted by atomic mass is 16.6. The Morgan fingerprint density at radius 2 is 2.23 bits per heavy atom. The molecule has 2 N–H and O–H groups in total. The highest BCUT2D eigenvalue weighted by Gasteiger charge is 2.17.